The van der Waals surface area contributed by atoms with Gasteiger partial charge >= 0.3 is 0 Å². The van der Waals surface area contributed by atoms with Crippen LogP contribution in [0.3, 0.4) is 0 Å². The van der Waals surface area contributed by atoms with E-state index in [1.54, 1.807) is 7.11 Å². The maximum atomic E-state index is 5.48. The highest BCUT2D eigenvalue weighted by Crippen LogP contribution is 2.32. The standard InChI is InChI=1S/C16H25Br2NO/c1-10(2)14(11(3)4)9-19-8-12-6-13(17)7-15(18)16(12)20-5/h6-7,10-11,14,19H,8-9H2,1-5H3. The van der Waals surface area contributed by atoms with Gasteiger partial charge in [0, 0.05) is 16.6 Å². The van der Waals surface area contributed by atoms with Gasteiger partial charge in [-0.15, -0.1) is 0 Å². The zero-order chi connectivity index (χ0) is 15.3. The van der Waals surface area contributed by atoms with Gasteiger partial charge in [-0.2, -0.15) is 0 Å². The summed E-state index contributed by atoms with van der Waals surface area (Å²) in [4.78, 5) is 0. The van der Waals surface area contributed by atoms with Gasteiger partial charge in [0.05, 0.1) is 11.6 Å². The van der Waals surface area contributed by atoms with Crippen LogP contribution in [0.1, 0.15) is 33.3 Å². The van der Waals surface area contributed by atoms with Gasteiger partial charge in [0.2, 0.25) is 0 Å². The highest BCUT2D eigenvalue weighted by atomic mass is 79.9. The van der Waals surface area contributed by atoms with Crippen LogP contribution in [-0.2, 0) is 6.54 Å². The largest absolute Gasteiger partial charge is 0.495 e. The van der Waals surface area contributed by atoms with E-state index in [1.165, 1.54) is 5.56 Å². The van der Waals surface area contributed by atoms with Crippen LogP contribution in [0.4, 0.5) is 0 Å². The van der Waals surface area contributed by atoms with E-state index in [1.807, 2.05) is 6.07 Å². The number of benzene rings is 1. The summed E-state index contributed by atoms with van der Waals surface area (Å²) in [5.74, 6) is 2.99. The van der Waals surface area contributed by atoms with Crippen molar-refractivity contribution >= 4 is 31.9 Å². The minimum atomic E-state index is 0.691. The summed E-state index contributed by atoms with van der Waals surface area (Å²) >= 11 is 7.07. The molecule has 1 aromatic carbocycles. The highest BCUT2D eigenvalue weighted by Gasteiger charge is 2.17. The second kappa shape index (κ2) is 8.40. The van der Waals surface area contributed by atoms with Crippen LogP contribution in [0.25, 0.3) is 0 Å². The lowest BCUT2D eigenvalue weighted by Crippen LogP contribution is -2.29. The fourth-order valence-electron chi connectivity index (χ4n) is 2.59. The van der Waals surface area contributed by atoms with Crippen molar-refractivity contribution in [1.29, 1.82) is 0 Å². The van der Waals surface area contributed by atoms with Gasteiger partial charge < -0.3 is 10.1 Å². The van der Waals surface area contributed by atoms with Crippen molar-refractivity contribution in [1.82, 2.24) is 5.32 Å². The third-order valence-electron chi connectivity index (χ3n) is 3.70. The smallest absolute Gasteiger partial charge is 0.137 e. The average Bonchev–Trinajstić information content (AvgIpc) is 2.33. The molecule has 0 aliphatic carbocycles. The van der Waals surface area contributed by atoms with Gasteiger partial charge in [0.15, 0.2) is 0 Å². The molecule has 20 heavy (non-hydrogen) atoms. The first-order valence-electron chi connectivity index (χ1n) is 7.09. The van der Waals surface area contributed by atoms with E-state index in [0.717, 1.165) is 27.8 Å². The molecule has 0 aliphatic heterocycles. The third kappa shape index (κ3) is 5.05. The van der Waals surface area contributed by atoms with Crippen molar-refractivity contribution in [3.8, 4) is 5.75 Å². The number of nitrogens with one attached hydrogen (secondary N) is 1. The van der Waals surface area contributed by atoms with Gasteiger partial charge in [0.25, 0.3) is 0 Å². The van der Waals surface area contributed by atoms with Crippen LogP contribution in [-0.4, -0.2) is 13.7 Å². The molecular formula is C16H25Br2NO. The third-order valence-corrected chi connectivity index (χ3v) is 4.74. The summed E-state index contributed by atoms with van der Waals surface area (Å²) in [5.41, 5.74) is 1.17. The van der Waals surface area contributed by atoms with Gasteiger partial charge in [0.1, 0.15) is 5.75 Å². The predicted octanol–water partition coefficient (Wildman–Crippen LogP) is 5.24. The Kier molecular flexibility index (Phi) is 7.56. The summed E-state index contributed by atoms with van der Waals surface area (Å²) in [5, 5.41) is 3.57. The topological polar surface area (TPSA) is 21.3 Å². The Morgan fingerprint density at radius 2 is 1.70 bits per heavy atom. The van der Waals surface area contributed by atoms with E-state index >= 15 is 0 Å². The van der Waals surface area contributed by atoms with Crippen LogP contribution < -0.4 is 10.1 Å². The SMILES string of the molecule is COc1c(Br)cc(Br)cc1CNCC(C(C)C)C(C)C. The highest BCUT2D eigenvalue weighted by molar-refractivity contribution is 9.11. The van der Waals surface area contributed by atoms with Crippen LogP contribution in [0.5, 0.6) is 5.75 Å². The number of methoxy groups -OCH3 is 1. The Balaban J connectivity index is 2.70. The summed E-state index contributed by atoms with van der Waals surface area (Å²) in [7, 11) is 1.71. The van der Waals surface area contributed by atoms with Crippen molar-refractivity contribution < 1.29 is 4.74 Å². The lowest BCUT2D eigenvalue weighted by Gasteiger charge is -2.25. The molecule has 1 N–H and O–H groups in total. The molecule has 0 bridgehead atoms. The van der Waals surface area contributed by atoms with Crippen molar-refractivity contribution in [2.45, 2.75) is 34.2 Å². The Morgan fingerprint density at radius 1 is 1.10 bits per heavy atom. The molecule has 114 valence electrons. The van der Waals surface area contributed by atoms with E-state index in [4.69, 9.17) is 4.74 Å². The molecule has 1 aromatic rings. The summed E-state index contributed by atoms with van der Waals surface area (Å²) < 4.78 is 7.52. The molecule has 0 amide bonds. The number of rotatable bonds is 7. The first kappa shape index (κ1) is 18.0. The summed E-state index contributed by atoms with van der Waals surface area (Å²) in [6.07, 6.45) is 0. The molecule has 0 atom stereocenters. The Morgan fingerprint density at radius 3 is 2.20 bits per heavy atom. The average molecular weight is 407 g/mol. The van der Waals surface area contributed by atoms with Crippen LogP contribution >= 0.6 is 31.9 Å². The molecule has 4 heteroatoms. The fourth-order valence-corrected chi connectivity index (χ4v) is 4.06. The first-order chi connectivity index (χ1) is 9.36. The minimum Gasteiger partial charge on any atom is -0.495 e. The maximum Gasteiger partial charge on any atom is 0.137 e. The molecule has 0 heterocycles. The molecule has 0 aromatic heterocycles. The lowest BCUT2D eigenvalue weighted by molar-refractivity contribution is 0.275. The normalized spacial score (nSPS) is 11.7. The lowest BCUT2D eigenvalue weighted by atomic mass is 9.85. The number of ether oxygens (including phenoxy) is 1. The first-order valence-corrected chi connectivity index (χ1v) is 8.68. The van der Waals surface area contributed by atoms with Gasteiger partial charge in [-0.1, -0.05) is 43.6 Å². The van der Waals surface area contributed by atoms with Gasteiger partial charge in [-0.05, 0) is 52.4 Å². The molecule has 0 aliphatic rings. The molecular weight excluding hydrogens is 382 g/mol. The molecule has 0 radical (unpaired) electrons. The van der Waals surface area contributed by atoms with E-state index in [-0.39, 0.29) is 0 Å². The van der Waals surface area contributed by atoms with Crippen LogP contribution in [0, 0.1) is 17.8 Å². The minimum absolute atomic E-state index is 0.691. The second-order valence-electron chi connectivity index (χ2n) is 5.86. The van der Waals surface area contributed by atoms with Crippen molar-refractivity contribution in [3.05, 3.63) is 26.6 Å². The fraction of sp³-hybridized carbons (Fsp3) is 0.625. The Labute approximate surface area is 139 Å². The predicted molar refractivity (Wildman–Crippen MR) is 93.3 cm³/mol. The van der Waals surface area contributed by atoms with Crippen LogP contribution in [0.2, 0.25) is 0 Å². The summed E-state index contributed by atoms with van der Waals surface area (Å²) in [6, 6.07) is 4.11. The van der Waals surface area contributed by atoms with E-state index in [0.29, 0.717) is 17.8 Å². The van der Waals surface area contributed by atoms with Gasteiger partial charge in [-0.25, -0.2) is 0 Å². The van der Waals surface area contributed by atoms with Crippen molar-refractivity contribution in [3.63, 3.8) is 0 Å². The second-order valence-corrected chi connectivity index (χ2v) is 7.63. The number of hydrogen-bond acceptors (Lipinski definition) is 2. The molecule has 0 saturated heterocycles. The monoisotopic (exact) mass is 405 g/mol. The van der Waals surface area contributed by atoms with Crippen molar-refractivity contribution in [2.75, 3.05) is 13.7 Å². The molecule has 2 nitrogen and oxygen atoms in total. The molecule has 0 unspecified atom stereocenters. The van der Waals surface area contributed by atoms with Gasteiger partial charge in [-0.3, -0.25) is 0 Å². The molecule has 0 fully saturated rings. The van der Waals surface area contributed by atoms with E-state index in [9.17, 15) is 0 Å². The zero-order valence-electron chi connectivity index (χ0n) is 13.0. The van der Waals surface area contributed by atoms with E-state index in [2.05, 4.69) is 70.9 Å². The quantitative estimate of drug-likeness (QED) is 0.668. The van der Waals surface area contributed by atoms with Crippen molar-refractivity contribution in [2.24, 2.45) is 17.8 Å². The summed E-state index contributed by atoms with van der Waals surface area (Å²) in [6.45, 7) is 11.0. The maximum absolute atomic E-state index is 5.48. The molecule has 1 rings (SSSR count). The molecule has 0 spiro atoms. The molecule has 0 saturated carbocycles. The Bertz CT molecular complexity index is 425. The number of halogens is 2. The van der Waals surface area contributed by atoms with E-state index < -0.39 is 0 Å². The Hall–Kier alpha value is -0.0600. The zero-order valence-corrected chi connectivity index (χ0v) is 16.1. The number of hydrogen-bond donors (Lipinski definition) is 1. The van der Waals surface area contributed by atoms with Crippen LogP contribution in [0.15, 0.2) is 21.1 Å².